The lowest BCUT2D eigenvalue weighted by molar-refractivity contribution is -0.135. The molecule has 0 bridgehead atoms. The smallest absolute Gasteiger partial charge is 0.226 e. The molecule has 0 radical (unpaired) electrons. The molecular formula is C22H27NO2. The molecule has 2 aromatic rings. The van der Waals surface area contributed by atoms with Gasteiger partial charge in [0, 0.05) is 25.7 Å². The zero-order chi connectivity index (χ0) is 17.5. The van der Waals surface area contributed by atoms with Gasteiger partial charge in [-0.15, -0.1) is 0 Å². The van der Waals surface area contributed by atoms with Crippen LogP contribution in [0.1, 0.15) is 43.2 Å². The number of hydrogen-bond acceptors (Lipinski definition) is 2. The van der Waals surface area contributed by atoms with Crippen molar-refractivity contribution in [2.45, 2.75) is 32.1 Å². The minimum Gasteiger partial charge on any atom is -0.381 e. The SMILES string of the molecule is CC1(C(=O)NCCC(c2ccccc2)c2ccccc2)CCOCC1. The molecule has 1 fully saturated rings. The number of carbonyl (C=O) groups is 1. The zero-order valence-electron chi connectivity index (χ0n) is 14.9. The molecule has 1 aliphatic rings. The zero-order valence-corrected chi connectivity index (χ0v) is 14.9. The summed E-state index contributed by atoms with van der Waals surface area (Å²) in [7, 11) is 0. The highest BCUT2D eigenvalue weighted by Crippen LogP contribution is 2.31. The van der Waals surface area contributed by atoms with E-state index in [1.165, 1.54) is 11.1 Å². The molecule has 0 saturated carbocycles. The summed E-state index contributed by atoms with van der Waals surface area (Å²) in [5, 5.41) is 3.17. The third kappa shape index (κ3) is 4.49. The number of nitrogens with one attached hydrogen (secondary N) is 1. The summed E-state index contributed by atoms with van der Waals surface area (Å²) in [6, 6.07) is 21.1. The standard InChI is InChI=1S/C22H27NO2/c1-22(13-16-25-17-14-22)21(24)23-15-12-20(18-8-4-2-5-9-18)19-10-6-3-7-11-19/h2-11,20H,12-17H2,1H3,(H,23,24). The molecule has 3 nitrogen and oxygen atoms in total. The lowest BCUT2D eigenvalue weighted by atomic mass is 9.81. The molecule has 25 heavy (non-hydrogen) atoms. The van der Waals surface area contributed by atoms with Crippen molar-refractivity contribution < 1.29 is 9.53 Å². The predicted molar refractivity (Wildman–Crippen MR) is 101 cm³/mol. The Labute approximate surface area is 150 Å². The Morgan fingerprint density at radius 2 is 1.52 bits per heavy atom. The van der Waals surface area contributed by atoms with Crippen molar-refractivity contribution in [2.24, 2.45) is 5.41 Å². The average molecular weight is 337 g/mol. The van der Waals surface area contributed by atoms with Gasteiger partial charge in [-0.05, 0) is 30.4 Å². The first-order valence-corrected chi connectivity index (χ1v) is 9.15. The predicted octanol–water partition coefficient (Wildman–Crippen LogP) is 4.14. The van der Waals surface area contributed by atoms with Crippen molar-refractivity contribution in [3.8, 4) is 0 Å². The van der Waals surface area contributed by atoms with Gasteiger partial charge in [0.2, 0.25) is 5.91 Å². The molecule has 0 aromatic heterocycles. The first kappa shape index (κ1) is 17.7. The first-order chi connectivity index (χ1) is 12.2. The first-order valence-electron chi connectivity index (χ1n) is 9.15. The highest BCUT2D eigenvalue weighted by molar-refractivity contribution is 5.82. The van der Waals surface area contributed by atoms with Gasteiger partial charge in [-0.2, -0.15) is 0 Å². The number of ether oxygens (including phenoxy) is 1. The number of benzene rings is 2. The summed E-state index contributed by atoms with van der Waals surface area (Å²) in [6.07, 6.45) is 2.51. The van der Waals surface area contributed by atoms with Gasteiger partial charge in [-0.3, -0.25) is 4.79 Å². The van der Waals surface area contributed by atoms with Gasteiger partial charge >= 0.3 is 0 Å². The van der Waals surface area contributed by atoms with Crippen molar-refractivity contribution >= 4 is 5.91 Å². The topological polar surface area (TPSA) is 38.3 Å². The maximum absolute atomic E-state index is 12.6. The van der Waals surface area contributed by atoms with Gasteiger partial charge < -0.3 is 10.1 Å². The van der Waals surface area contributed by atoms with Gasteiger partial charge in [0.25, 0.3) is 0 Å². The van der Waals surface area contributed by atoms with E-state index in [1.807, 2.05) is 12.1 Å². The van der Waals surface area contributed by atoms with Crippen molar-refractivity contribution in [2.75, 3.05) is 19.8 Å². The molecule has 1 amide bonds. The molecule has 1 heterocycles. The Balaban J connectivity index is 1.64. The Hall–Kier alpha value is -2.13. The van der Waals surface area contributed by atoms with Gasteiger partial charge in [-0.1, -0.05) is 67.6 Å². The minimum absolute atomic E-state index is 0.163. The van der Waals surface area contributed by atoms with E-state index in [0.717, 1.165) is 19.3 Å². The molecule has 2 aromatic carbocycles. The Kier molecular flexibility index (Phi) is 5.87. The summed E-state index contributed by atoms with van der Waals surface area (Å²) < 4.78 is 5.39. The van der Waals surface area contributed by atoms with Crippen LogP contribution in [0.25, 0.3) is 0 Å². The van der Waals surface area contributed by atoms with Crippen LogP contribution >= 0.6 is 0 Å². The van der Waals surface area contributed by atoms with Crippen LogP contribution in [0.3, 0.4) is 0 Å². The van der Waals surface area contributed by atoms with Crippen LogP contribution in [0.4, 0.5) is 0 Å². The molecule has 132 valence electrons. The van der Waals surface area contributed by atoms with Crippen molar-refractivity contribution in [1.82, 2.24) is 5.32 Å². The van der Waals surface area contributed by atoms with Crippen LogP contribution in [0.2, 0.25) is 0 Å². The third-order valence-electron chi connectivity index (χ3n) is 5.27. The van der Waals surface area contributed by atoms with Crippen molar-refractivity contribution in [1.29, 1.82) is 0 Å². The molecule has 0 unspecified atom stereocenters. The lowest BCUT2D eigenvalue weighted by Crippen LogP contribution is -2.43. The van der Waals surface area contributed by atoms with Crippen molar-refractivity contribution in [3.63, 3.8) is 0 Å². The molecule has 1 N–H and O–H groups in total. The monoisotopic (exact) mass is 337 g/mol. The molecule has 1 aliphatic heterocycles. The molecular weight excluding hydrogens is 310 g/mol. The van der Waals surface area contributed by atoms with Crippen LogP contribution in [-0.4, -0.2) is 25.7 Å². The second-order valence-electron chi connectivity index (χ2n) is 7.09. The molecule has 0 spiro atoms. The molecule has 0 aliphatic carbocycles. The van der Waals surface area contributed by atoms with Crippen LogP contribution in [-0.2, 0) is 9.53 Å². The Morgan fingerprint density at radius 1 is 1.00 bits per heavy atom. The van der Waals surface area contributed by atoms with Crippen molar-refractivity contribution in [3.05, 3.63) is 71.8 Å². The number of amides is 1. The summed E-state index contributed by atoms with van der Waals surface area (Å²) in [5.74, 6) is 0.459. The van der Waals surface area contributed by atoms with E-state index in [2.05, 4.69) is 60.8 Å². The van der Waals surface area contributed by atoms with E-state index in [4.69, 9.17) is 4.74 Å². The van der Waals surface area contributed by atoms with E-state index >= 15 is 0 Å². The number of carbonyl (C=O) groups excluding carboxylic acids is 1. The maximum Gasteiger partial charge on any atom is 0.226 e. The normalized spacial score (nSPS) is 16.6. The van der Waals surface area contributed by atoms with Gasteiger partial charge in [0.05, 0.1) is 5.41 Å². The summed E-state index contributed by atoms with van der Waals surface area (Å²) in [4.78, 5) is 12.6. The highest BCUT2D eigenvalue weighted by atomic mass is 16.5. The Bertz CT molecular complexity index is 623. The maximum atomic E-state index is 12.6. The largest absolute Gasteiger partial charge is 0.381 e. The fraction of sp³-hybridized carbons (Fsp3) is 0.409. The van der Waals surface area contributed by atoms with Gasteiger partial charge in [-0.25, -0.2) is 0 Å². The fourth-order valence-corrected chi connectivity index (χ4v) is 3.49. The van der Waals surface area contributed by atoms with Gasteiger partial charge in [0.15, 0.2) is 0 Å². The lowest BCUT2D eigenvalue weighted by Gasteiger charge is -2.32. The van der Waals surface area contributed by atoms with E-state index in [-0.39, 0.29) is 11.3 Å². The number of hydrogen-bond donors (Lipinski definition) is 1. The van der Waals surface area contributed by atoms with Crippen LogP contribution in [0.5, 0.6) is 0 Å². The van der Waals surface area contributed by atoms with E-state index in [1.54, 1.807) is 0 Å². The van der Waals surface area contributed by atoms with Crippen LogP contribution in [0, 0.1) is 5.41 Å². The molecule has 3 rings (SSSR count). The van der Waals surface area contributed by atoms with E-state index in [9.17, 15) is 4.79 Å². The summed E-state index contributed by atoms with van der Waals surface area (Å²) in [6.45, 7) is 4.10. The summed E-state index contributed by atoms with van der Waals surface area (Å²) >= 11 is 0. The second kappa shape index (κ2) is 8.30. The fourth-order valence-electron chi connectivity index (χ4n) is 3.49. The van der Waals surface area contributed by atoms with E-state index < -0.39 is 0 Å². The molecule has 3 heteroatoms. The minimum atomic E-state index is -0.284. The van der Waals surface area contributed by atoms with Gasteiger partial charge in [0.1, 0.15) is 0 Å². The Morgan fingerprint density at radius 3 is 2.04 bits per heavy atom. The van der Waals surface area contributed by atoms with Crippen LogP contribution in [0.15, 0.2) is 60.7 Å². The molecule has 1 saturated heterocycles. The number of rotatable bonds is 6. The summed E-state index contributed by atoms with van der Waals surface area (Å²) in [5.41, 5.74) is 2.30. The molecule has 0 atom stereocenters. The van der Waals surface area contributed by atoms with Crippen LogP contribution < -0.4 is 5.32 Å². The third-order valence-corrected chi connectivity index (χ3v) is 5.27. The average Bonchev–Trinajstić information content (AvgIpc) is 2.67. The van der Waals surface area contributed by atoms with E-state index in [0.29, 0.717) is 25.7 Å². The second-order valence-corrected chi connectivity index (χ2v) is 7.09. The highest BCUT2D eigenvalue weighted by Gasteiger charge is 2.34. The quantitative estimate of drug-likeness (QED) is 0.860.